The molecule has 0 fully saturated rings. The maximum Gasteiger partial charge on any atom is 0.224 e. The van der Waals surface area contributed by atoms with Crippen LogP contribution in [-0.4, -0.2) is 28.0 Å². The van der Waals surface area contributed by atoms with Crippen molar-refractivity contribution in [2.45, 2.75) is 13.1 Å². The predicted molar refractivity (Wildman–Crippen MR) is 112 cm³/mol. The second-order valence-electron chi connectivity index (χ2n) is 7.39. The Balaban J connectivity index is 1.75. The van der Waals surface area contributed by atoms with E-state index >= 15 is 0 Å². The number of hydrogen-bond acceptors (Lipinski definition) is 4. The molecule has 0 radical (unpaired) electrons. The van der Waals surface area contributed by atoms with E-state index in [4.69, 9.17) is 0 Å². The Kier molecular flexibility index (Phi) is 5.36. The maximum absolute atomic E-state index is 14.1. The summed E-state index contributed by atoms with van der Waals surface area (Å²) < 4.78 is 54.6. The molecule has 0 saturated heterocycles. The van der Waals surface area contributed by atoms with E-state index in [1.165, 1.54) is 12.1 Å². The van der Waals surface area contributed by atoms with Crippen LogP contribution in [0.1, 0.15) is 0 Å². The number of nitrogens with zero attached hydrogens (tertiary/aromatic N) is 4. The van der Waals surface area contributed by atoms with Gasteiger partial charge in [0.25, 0.3) is 0 Å². The SMILES string of the molecule is C[Si](C)(c1cccc(-c2ccc(F)nc2F)n1)c1cccc(-c2ccc(F)nc2F)n1. The van der Waals surface area contributed by atoms with Gasteiger partial charge in [0.2, 0.25) is 23.8 Å². The molecule has 9 heteroatoms. The van der Waals surface area contributed by atoms with Gasteiger partial charge < -0.3 is 0 Å². The number of hydrogen-bond donors (Lipinski definition) is 0. The number of rotatable bonds is 4. The number of halogens is 4. The van der Waals surface area contributed by atoms with Crippen LogP contribution in [0.15, 0.2) is 60.7 Å². The fourth-order valence-electron chi connectivity index (χ4n) is 3.20. The Morgan fingerprint density at radius 1 is 0.548 bits per heavy atom. The molecule has 4 nitrogen and oxygen atoms in total. The molecule has 0 spiro atoms. The van der Waals surface area contributed by atoms with Crippen LogP contribution < -0.4 is 10.6 Å². The monoisotopic (exact) mass is 440 g/mol. The normalized spacial score (nSPS) is 11.5. The molecule has 0 atom stereocenters. The van der Waals surface area contributed by atoms with Crippen LogP contribution in [0.4, 0.5) is 17.6 Å². The fraction of sp³-hybridized carbons (Fsp3) is 0.0909. The summed E-state index contributed by atoms with van der Waals surface area (Å²) >= 11 is 0. The van der Waals surface area contributed by atoms with Crippen LogP contribution >= 0.6 is 0 Å². The summed E-state index contributed by atoms with van der Waals surface area (Å²) in [6.45, 7) is 4.01. The standard InChI is InChI=1S/C22H16F4N4Si/c1-31(2,19-7-3-5-15(27-19)13-9-11-17(23)29-21(13)25)20-8-4-6-16(28-20)14-10-12-18(24)30-22(14)26/h3-12H,1-2H3. The van der Waals surface area contributed by atoms with E-state index in [9.17, 15) is 17.6 Å². The molecule has 156 valence electrons. The zero-order valence-corrected chi connectivity index (χ0v) is 17.6. The van der Waals surface area contributed by atoms with E-state index in [0.717, 1.165) is 12.1 Å². The third-order valence-corrected chi connectivity index (χ3v) is 8.08. The molecule has 0 amide bonds. The van der Waals surface area contributed by atoms with Crippen molar-refractivity contribution in [2.24, 2.45) is 0 Å². The summed E-state index contributed by atoms with van der Waals surface area (Å²) in [5.74, 6) is -3.70. The minimum Gasteiger partial charge on any atom is -0.257 e. The second kappa shape index (κ2) is 7.99. The highest BCUT2D eigenvalue weighted by atomic mass is 28.3. The Bertz CT molecular complexity index is 1180. The van der Waals surface area contributed by atoms with Crippen molar-refractivity contribution < 1.29 is 17.6 Å². The molecular formula is C22H16F4N4Si. The lowest BCUT2D eigenvalue weighted by Gasteiger charge is -2.22. The summed E-state index contributed by atoms with van der Waals surface area (Å²) in [7, 11) is -2.50. The Labute approximate surface area is 176 Å². The van der Waals surface area contributed by atoms with Gasteiger partial charge in [0.1, 0.15) is 0 Å². The molecule has 0 aliphatic heterocycles. The minimum atomic E-state index is -2.50. The number of pyridine rings is 4. The molecule has 4 aromatic rings. The molecule has 0 bridgehead atoms. The number of aromatic nitrogens is 4. The van der Waals surface area contributed by atoms with Gasteiger partial charge in [-0.2, -0.15) is 27.5 Å². The Morgan fingerprint density at radius 3 is 1.35 bits per heavy atom. The van der Waals surface area contributed by atoms with Gasteiger partial charge in [-0.3, -0.25) is 9.97 Å². The summed E-state index contributed by atoms with van der Waals surface area (Å²) in [5, 5.41) is 1.41. The molecule has 0 aliphatic carbocycles. The zero-order valence-electron chi connectivity index (χ0n) is 16.6. The zero-order chi connectivity index (χ0) is 22.2. The molecule has 0 aromatic carbocycles. The topological polar surface area (TPSA) is 51.6 Å². The van der Waals surface area contributed by atoms with E-state index in [2.05, 4.69) is 19.9 Å². The molecule has 0 saturated carbocycles. The van der Waals surface area contributed by atoms with Crippen molar-refractivity contribution in [2.75, 3.05) is 0 Å². The van der Waals surface area contributed by atoms with Gasteiger partial charge in [-0.25, -0.2) is 0 Å². The molecule has 4 heterocycles. The quantitative estimate of drug-likeness (QED) is 0.274. The molecule has 0 N–H and O–H groups in total. The van der Waals surface area contributed by atoms with Gasteiger partial charge in [-0.05, 0) is 48.5 Å². The summed E-state index contributed by atoms with van der Waals surface area (Å²) in [4.78, 5) is 15.6. The van der Waals surface area contributed by atoms with Crippen molar-refractivity contribution in [1.29, 1.82) is 0 Å². The van der Waals surface area contributed by atoms with Crippen LogP contribution in [0.2, 0.25) is 13.1 Å². The van der Waals surface area contributed by atoms with Crippen LogP contribution in [-0.2, 0) is 0 Å². The first-order chi connectivity index (χ1) is 14.8. The Morgan fingerprint density at radius 2 is 0.968 bits per heavy atom. The van der Waals surface area contributed by atoms with Gasteiger partial charge >= 0.3 is 0 Å². The van der Waals surface area contributed by atoms with E-state index in [1.807, 2.05) is 25.2 Å². The van der Waals surface area contributed by atoms with E-state index in [-0.39, 0.29) is 11.1 Å². The smallest absolute Gasteiger partial charge is 0.224 e. The fourth-order valence-corrected chi connectivity index (χ4v) is 5.29. The summed E-state index contributed by atoms with van der Waals surface area (Å²) in [5.41, 5.74) is 0.837. The van der Waals surface area contributed by atoms with E-state index in [0.29, 0.717) is 22.0 Å². The van der Waals surface area contributed by atoms with Gasteiger partial charge in [0.15, 0.2) is 8.07 Å². The Hall–Kier alpha value is -3.46. The largest absolute Gasteiger partial charge is 0.257 e. The second-order valence-corrected chi connectivity index (χ2v) is 11.7. The minimum absolute atomic E-state index is 0.0919. The van der Waals surface area contributed by atoms with Gasteiger partial charge in [0, 0.05) is 10.6 Å². The van der Waals surface area contributed by atoms with Gasteiger partial charge in [0.05, 0.1) is 22.5 Å². The molecule has 31 heavy (non-hydrogen) atoms. The highest BCUT2D eigenvalue weighted by molar-refractivity contribution is 6.99. The van der Waals surface area contributed by atoms with E-state index in [1.54, 1.807) is 24.3 Å². The third kappa shape index (κ3) is 4.09. The van der Waals surface area contributed by atoms with Crippen molar-refractivity contribution in [1.82, 2.24) is 19.9 Å². The lowest BCUT2D eigenvalue weighted by molar-refractivity contribution is 0.514. The maximum atomic E-state index is 14.1. The van der Waals surface area contributed by atoms with Crippen molar-refractivity contribution in [3.05, 3.63) is 84.5 Å². The molecular weight excluding hydrogens is 424 g/mol. The summed E-state index contributed by atoms with van der Waals surface area (Å²) in [6, 6.07) is 15.1. The predicted octanol–water partition coefficient (Wildman–Crippen LogP) is 3.98. The lowest BCUT2D eigenvalue weighted by atomic mass is 10.2. The molecule has 0 aliphatic rings. The first kappa shape index (κ1) is 20.8. The van der Waals surface area contributed by atoms with E-state index < -0.39 is 31.9 Å². The van der Waals surface area contributed by atoms with Crippen molar-refractivity contribution in [3.63, 3.8) is 0 Å². The van der Waals surface area contributed by atoms with Gasteiger partial charge in [-0.1, -0.05) is 25.2 Å². The molecule has 4 rings (SSSR count). The van der Waals surface area contributed by atoms with Crippen LogP contribution in [0.5, 0.6) is 0 Å². The lowest BCUT2D eigenvalue weighted by Crippen LogP contribution is -2.55. The van der Waals surface area contributed by atoms with Crippen LogP contribution in [0.3, 0.4) is 0 Å². The molecule has 0 unspecified atom stereocenters. The highest BCUT2D eigenvalue weighted by Gasteiger charge is 2.30. The third-order valence-electron chi connectivity index (χ3n) is 4.96. The van der Waals surface area contributed by atoms with Crippen molar-refractivity contribution in [3.8, 4) is 22.5 Å². The van der Waals surface area contributed by atoms with Crippen LogP contribution in [0, 0.1) is 23.8 Å². The first-order valence-electron chi connectivity index (χ1n) is 9.35. The van der Waals surface area contributed by atoms with Gasteiger partial charge in [-0.15, -0.1) is 0 Å². The molecule has 4 aromatic heterocycles. The summed E-state index contributed by atoms with van der Waals surface area (Å²) in [6.07, 6.45) is 0. The van der Waals surface area contributed by atoms with Crippen LogP contribution in [0.25, 0.3) is 22.5 Å². The first-order valence-corrected chi connectivity index (χ1v) is 12.4. The average Bonchev–Trinajstić information content (AvgIpc) is 2.74. The average molecular weight is 440 g/mol. The van der Waals surface area contributed by atoms with Crippen molar-refractivity contribution >= 4 is 18.7 Å². The highest BCUT2D eigenvalue weighted by Crippen LogP contribution is 2.21.